The molecule has 1 heterocycles. The lowest BCUT2D eigenvalue weighted by atomic mass is 10.0. The standard InChI is InChI=1S/C10H18N4/c1-4-5-6-10(12-11)9-7-14(3)13-8(9)2/h4,7,10,12H,1,5-6,11H2,2-3H3. The number of aryl methyl sites for hydroxylation is 2. The van der Waals surface area contributed by atoms with Crippen molar-refractivity contribution in [3.05, 3.63) is 30.1 Å². The van der Waals surface area contributed by atoms with Crippen LogP contribution in [0.2, 0.25) is 0 Å². The van der Waals surface area contributed by atoms with Crippen LogP contribution in [0.15, 0.2) is 18.9 Å². The second-order valence-corrected chi connectivity index (χ2v) is 3.43. The molecule has 0 radical (unpaired) electrons. The van der Waals surface area contributed by atoms with Crippen LogP contribution in [0.25, 0.3) is 0 Å². The van der Waals surface area contributed by atoms with Gasteiger partial charge in [0.15, 0.2) is 0 Å². The van der Waals surface area contributed by atoms with Crippen LogP contribution >= 0.6 is 0 Å². The summed E-state index contributed by atoms with van der Waals surface area (Å²) in [6.45, 7) is 5.69. The minimum Gasteiger partial charge on any atom is -0.275 e. The Labute approximate surface area is 84.8 Å². The lowest BCUT2D eigenvalue weighted by molar-refractivity contribution is 0.518. The van der Waals surface area contributed by atoms with Crippen LogP contribution in [0.1, 0.15) is 30.1 Å². The summed E-state index contributed by atoms with van der Waals surface area (Å²) in [4.78, 5) is 0. The first-order chi connectivity index (χ1) is 6.69. The predicted octanol–water partition coefficient (Wildman–Crippen LogP) is 1.20. The molecule has 3 N–H and O–H groups in total. The summed E-state index contributed by atoms with van der Waals surface area (Å²) in [5, 5.41) is 4.28. The van der Waals surface area contributed by atoms with E-state index in [-0.39, 0.29) is 6.04 Å². The fraction of sp³-hybridized carbons (Fsp3) is 0.500. The van der Waals surface area contributed by atoms with Crippen molar-refractivity contribution in [1.29, 1.82) is 0 Å². The van der Waals surface area contributed by atoms with E-state index in [0.717, 1.165) is 24.1 Å². The van der Waals surface area contributed by atoms with Gasteiger partial charge in [-0.05, 0) is 19.8 Å². The van der Waals surface area contributed by atoms with Crippen LogP contribution in [0.4, 0.5) is 0 Å². The fourth-order valence-corrected chi connectivity index (χ4v) is 1.57. The van der Waals surface area contributed by atoms with Gasteiger partial charge in [-0.2, -0.15) is 5.10 Å². The smallest absolute Gasteiger partial charge is 0.0641 e. The van der Waals surface area contributed by atoms with E-state index >= 15 is 0 Å². The first-order valence-corrected chi connectivity index (χ1v) is 4.76. The van der Waals surface area contributed by atoms with Gasteiger partial charge in [-0.3, -0.25) is 16.0 Å². The molecule has 0 saturated carbocycles. The van der Waals surface area contributed by atoms with Gasteiger partial charge in [-0.25, -0.2) is 0 Å². The van der Waals surface area contributed by atoms with Crippen molar-refractivity contribution in [2.45, 2.75) is 25.8 Å². The second-order valence-electron chi connectivity index (χ2n) is 3.43. The molecule has 0 bridgehead atoms. The zero-order valence-corrected chi connectivity index (χ0v) is 8.83. The number of aromatic nitrogens is 2. The minimum atomic E-state index is 0.168. The van der Waals surface area contributed by atoms with E-state index in [9.17, 15) is 0 Å². The molecule has 1 atom stereocenters. The number of nitrogens with one attached hydrogen (secondary N) is 1. The molecule has 78 valence electrons. The van der Waals surface area contributed by atoms with Crippen molar-refractivity contribution in [3.8, 4) is 0 Å². The Kier molecular flexibility index (Phi) is 3.85. The number of hydrazine groups is 1. The van der Waals surface area contributed by atoms with Gasteiger partial charge in [0.1, 0.15) is 0 Å². The molecule has 4 heteroatoms. The van der Waals surface area contributed by atoms with Crippen molar-refractivity contribution < 1.29 is 0 Å². The summed E-state index contributed by atoms with van der Waals surface area (Å²) < 4.78 is 1.81. The van der Waals surface area contributed by atoms with Gasteiger partial charge in [0.05, 0.1) is 5.69 Å². The molecule has 4 nitrogen and oxygen atoms in total. The predicted molar refractivity (Wildman–Crippen MR) is 57.4 cm³/mol. The van der Waals surface area contributed by atoms with Crippen LogP contribution in [-0.2, 0) is 7.05 Å². The Morgan fingerprint density at radius 3 is 2.93 bits per heavy atom. The van der Waals surface area contributed by atoms with Crippen molar-refractivity contribution in [2.75, 3.05) is 0 Å². The van der Waals surface area contributed by atoms with E-state index in [1.807, 2.05) is 30.9 Å². The molecule has 1 aromatic rings. The Morgan fingerprint density at radius 2 is 2.50 bits per heavy atom. The Bertz CT molecular complexity index is 303. The van der Waals surface area contributed by atoms with Gasteiger partial charge in [-0.1, -0.05) is 6.08 Å². The third kappa shape index (κ3) is 2.43. The second kappa shape index (κ2) is 4.93. The first kappa shape index (κ1) is 10.9. The molecule has 1 aromatic heterocycles. The zero-order valence-electron chi connectivity index (χ0n) is 8.83. The SMILES string of the molecule is C=CCCC(NN)c1cn(C)nc1C. The number of nitrogens with two attached hydrogens (primary N) is 1. The quantitative estimate of drug-likeness (QED) is 0.420. The highest BCUT2D eigenvalue weighted by atomic mass is 15.3. The monoisotopic (exact) mass is 194 g/mol. The lowest BCUT2D eigenvalue weighted by Crippen LogP contribution is -2.28. The summed E-state index contributed by atoms with van der Waals surface area (Å²) in [7, 11) is 1.91. The van der Waals surface area contributed by atoms with Crippen LogP contribution in [0, 0.1) is 6.92 Å². The highest BCUT2D eigenvalue weighted by Crippen LogP contribution is 2.20. The van der Waals surface area contributed by atoms with Gasteiger partial charge in [0, 0.05) is 24.8 Å². The Hall–Kier alpha value is -1.13. The van der Waals surface area contributed by atoms with E-state index in [1.165, 1.54) is 0 Å². The van der Waals surface area contributed by atoms with Crippen molar-refractivity contribution >= 4 is 0 Å². The average molecular weight is 194 g/mol. The summed E-state index contributed by atoms with van der Waals surface area (Å²) in [6.07, 6.45) is 5.80. The van der Waals surface area contributed by atoms with Gasteiger partial charge in [0.2, 0.25) is 0 Å². The van der Waals surface area contributed by atoms with Crippen LogP contribution in [0.5, 0.6) is 0 Å². The van der Waals surface area contributed by atoms with Gasteiger partial charge >= 0.3 is 0 Å². The maximum Gasteiger partial charge on any atom is 0.0641 e. The molecule has 1 unspecified atom stereocenters. The van der Waals surface area contributed by atoms with Crippen LogP contribution in [-0.4, -0.2) is 9.78 Å². The highest BCUT2D eigenvalue weighted by Gasteiger charge is 2.13. The van der Waals surface area contributed by atoms with E-state index in [2.05, 4.69) is 17.1 Å². The van der Waals surface area contributed by atoms with Gasteiger partial charge < -0.3 is 0 Å². The van der Waals surface area contributed by atoms with E-state index in [0.29, 0.717) is 0 Å². The van der Waals surface area contributed by atoms with Gasteiger partial charge in [0.25, 0.3) is 0 Å². The van der Waals surface area contributed by atoms with Crippen molar-refractivity contribution in [2.24, 2.45) is 12.9 Å². The van der Waals surface area contributed by atoms with E-state index in [1.54, 1.807) is 0 Å². The van der Waals surface area contributed by atoms with E-state index < -0.39 is 0 Å². The summed E-state index contributed by atoms with van der Waals surface area (Å²) in [5.74, 6) is 5.50. The number of hydrogen-bond acceptors (Lipinski definition) is 3. The van der Waals surface area contributed by atoms with Crippen LogP contribution in [0.3, 0.4) is 0 Å². The number of allylic oxidation sites excluding steroid dienone is 1. The summed E-state index contributed by atoms with van der Waals surface area (Å²) >= 11 is 0. The number of rotatable bonds is 5. The molecule has 14 heavy (non-hydrogen) atoms. The third-order valence-electron chi connectivity index (χ3n) is 2.29. The molecule has 0 saturated heterocycles. The van der Waals surface area contributed by atoms with E-state index in [4.69, 9.17) is 5.84 Å². The van der Waals surface area contributed by atoms with Crippen LogP contribution < -0.4 is 11.3 Å². The number of hydrogen-bond donors (Lipinski definition) is 2. The molecule has 0 aromatic carbocycles. The molecule has 0 aliphatic carbocycles. The minimum absolute atomic E-state index is 0.168. The Balaban J connectivity index is 2.77. The molecule has 0 aliphatic heterocycles. The third-order valence-corrected chi connectivity index (χ3v) is 2.29. The molecular weight excluding hydrogens is 176 g/mol. The fourth-order valence-electron chi connectivity index (χ4n) is 1.57. The molecule has 0 amide bonds. The maximum absolute atomic E-state index is 5.50. The summed E-state index contributed by atoms with van der Waals surface area (Å²) in [5.41, 5.74) is 5.00. The molecule has 0 spiro atoms. The molecular formula is C10H18N4. The summed E-state index contributed by atoms with van der Waals surface area (Å²) in [6, 6.07) is 0.168. The average Bonchev–Trinajstić information content (AvgIpc) is 2.47. The highest BCUT2D eigenvalue weighted by molar-refractivity contribution is 5.19. The molecule has 1 rings (SSSR count). The van der Waals surface area contributed by atoms with Crippen molar-refractivity contribution in [1.82, 2.24) is 15.2 Å². The Morgan fingerprint density at radius 1 is 1.79 bits per heavy atom. The van der Waals surface area contributed by atoms with Crippen molar-refractivity contribution in [3.63, 3.8) is 0 Å². The molecule has 0 aliphatic rings. The first-order valence-electron chi connectivity index (χ1n) is 4.76. The zero-order chi connectivity index (χ0) is 10.6. The normalized spacial score (nSPS) is 12.8. The topological polar surface area (TPSA) is 55.9 Å². The largest absolute Gasteiger partial charge is 0.275 e. The number of nitrogens with zero attached hydrogens (tertiary/aromatic N) is 2. The van der Waals surface area contributed by atoms with Gasteiger partial charge in [-0.15, -0.1) is 6.58 Å². The maximum atomic E-state index is 5.50. The lowest BCUT2D eigenvalue weighted by Gasteiger charge is -2.13. The molecule has 0 fully saturated rings.